The normalized spacial score (nSPS) is 16.7. The van der Waals surface area contributed by atoms with E-state index in [1.807, 2.05) is 7.05 Å². The van der Waals surface area contributed by atoms with Gasteiger partial charge in [-0.15, -0.1) is 5.10 Å². The molecule has 1 aliphatic heterocycles. The molecule has 0 aromatic carbocycles. The zero-order chi connectivity index (χ0) is 19.3. The van der Waals surface area contributed by atoms with E-state index in [1.54, 1.807) is 29.9 Å². The summed E-state index contributed by atoms with van der Waals surface area (Å²) >= 11 is 0. The Morgan fingerprint density at radius 3 is 2.86 bits per heavy atom. The summed E-state index contributed by atoms with van der Waals surface area (Å²) in [7, 11) is 3.75. The van der Waals surface area contributed by atoms with E-state index in [1.165, 1.54) is 18.4 Å². The minimum Gasteiger partial charge on any atom is -0.351 e. The standard InChI is InChI=1S/C20H23N7O/c1-25(20-22-18-15(7-5-9-21-18)19(28)26(20)2)14-11-27(12-14)17-10-13-6-3-4-8-16(13)23-24-17/h5,7,9-10,14H,3-4,6,8,11-12H2,1-2H3. The molecular weight excluding hydrogens is 354 g/mol. The highest BCUT2D eigenvalue weighted by Gasteiger charge is 2.33. The maximum Gasteiger partial charge on any atom is 0.264 e. The van der Waals surface area contributed by atoms with E-state index in [-0.39, 0.29) is 11.6 Å². The van der Waals surface area contributed by atoms with Crippen LogP contribution in [0.2, 0.25) is 0 Å². The molecule has 0 unspecified atom stereocenters. The van der Waals surface area contributed by atoms with Crippen LogP contribution in [-0.4, -0.2) is 50.9 Å². The number of anilines is 2. The van der Waals surface area contributed by atoms with Crippen molar-refractivity contribution in [1.82, 2.24) is 24.7 Å². The van der Waals surface area contributed by atoms with E-state index in [4.69, 9.17) is 0 Å². The fourth-order valence-electron chi connectivity index (χ4n) is 4.09. The van der Waals surface area contributed by atoms with Crippen LogP contribution < -0.4 is 15.4 Å². The Balaban J connectivity index is 1.36. The van der Waals surface area contributed by atoms with E-state index in [2.05, 4.69) is 36.0 Å². The van der Waals surface area contributed by atoms with Crippen LogP contribution in [0, 0.1) is 0 Å². The van der Waals surface area contributed by atoms with Crippen LogP contribution in [0.3, 0.4) is 0 Å². The molecule has 3 aromatic rings. The van der Waals surface area contributed by atoms with Gasteiger partial charge in [-0.3, -0.25) is 9.36 Å². The van der Waals surface area contributed by atoms with Crippen LogP contribution in [0.15, 0.2) is 29.2 Å². The first-order valence-corrected chi connectivity index (χ1v) is 9.77. The highest BCUT2D eigenvalue weighted by molar-refractivity contribution is 5.74. The Kier molecular flexibility index (Phi) is 3.99. The number of fused-ring (bicyclic) bond motifs is 2. The van der Waals surface area contributed by atoms with E-state index in [0.717, 1.165) is 37.4 Å². The fourth-order valence-corrected chi connectivity index (χ4v) is 4.09. The van der Waals surface area contributed by atoms with Gasteiger partial charge < -0.3 is 9.80 Å². The first-order valence-electron chi connectivity index (χ1n) is 9.77. The number of pyridine rings is 1. The van der Waals surface area contributed by atoms with Crippen molar-refractivity contribution in [3.05, 3.63) is 46.0 Å². The SMILES string of the molecule is CN(c1nc2ncccc2c(=O)n1C)C1CN(c2cc3c(nn2)CCCC3)C1. The number of aromatic nitrogens is 5. The number of hydrogen-bond donors (Lipinski definition) is 0. The molecule has 1 saturated heterocycles. The second-order valence-electron chi connectivity index (χ2n) is 7.70. The summed E-state index contributed by atoms with van der Waals surface area (Å²) in [5.41, 5.74) is 2.92. The molecule has 0 amide bonds. The van der Waals surface area contributed by atoms with Gasteiger partial charge in [0.1, 0.15) is 0 Å². The number of likely N-dealkylation sites (N-methyl/N-ethyl adjacent to an activating group) is 1. The lowest BCUT2D eigenvalue weighted by atomic mass is 9.96. The molecule has 0 N–H and O–H groups in total. The summed E-state index contributed by atoms with van der Waals surface area (Å²) in [6.07, 6.45) is 6.26. The number of nitrogens with zero attached hydrogens (tertiary/aromatic N) is 7. The Labute approximate surface area is 162 Å². The summed E-state index contributed by atoms with van der Waals surface area (Å²) in [6.45, 7) is 1.67. The molecule has 0 spiro atoms. The van der Waals surface area contributed by atoms with Crippen molar-refractivity contribution in [2.24, 2.45) is 7.05 Å². The quantitative estimate of drug-likeness (QED) is 0.681. The molecule has 5 rings (SSSR count). The second-order valence-corrected chi connectivity index (χ2v) is 7.70. The minimum atomic E-state index is -0.0725. The Bertz CT molecular complexity index is 1100. The summed E-state index contributed by atoms with van der Waals surface area (Å²) in [5.74, 6) is 1.59. The van der Waals surface area contributed by atoms with Gasteiger partial charge in [-0.1, -0.05) is 0 Å². The minimum absolute atomic E-state index is 0.0725. The van der Waals surface area contributed by atoms with Crippen LogP contribution in [0.4, 0.5) is 11.8 Å². The molecule has 4 heterocycles. The predicted molar refractivity (Wildman–Crippen MR) is 108 cm³/mol. The molecule has 28 heavy (non-hydrogen) atoms. The van der Waals surface area contributed by atoms with Gasteiger partial charge in [0, 0.05) is 33.4 Å². The van der Waals surface area contributed by atoms with Crippen LogP contribution >= 0.6 is 0 Å². The van der Waals surface area contributed by atoms with Crippen LogP contribution in [0.25, 0.3) is 11.0 Å². The van der Waals surface area contributed by atoms with Crippen molar-refractivity contribution in [1.29, 1.82) is 0 Å². The van der Waals surface area contributed by atoms with Crippen molar-refractivity contribution < 1.29 is 0 Å². The van der Waals surface area contributed by atoms with Gasteiger partial charge in [0.25, 0.3) is 5.56 Å². The van der Waals surface area contributed by atoms with Gasteiger partial charge in [-0.2, -0.15) is 10.1 Å². The van der Waals surface area contributed by atoms with Gasteiger partial charge >= 0.3 is 0 Å². The highest BCUT2D eigenvalue weighted by atomic mass is 16.1. The number of aryl methyl sites for hydroxylation is 2. The Hall–Kier alpha value is -3.03. The lowest BCUT2D eigenvalue weighted by molar-refractivity contribution is 0.478. The van der Waals surface area contributed by atoms with Gasteiger partial charge in [-0.25, -0.2) is 4.98 Å². The largest absolute Gasteiger partial charge is 0.351 e. The van der Waals surface area contributed by atoms with Gasteiger partial charge in [0.05, 0.1) is 17.1 Å². The lowest BCUT2D eigenvalue weighted by Crippen LogP contribution is -2.60. The molecule has 0 atom stereocenters. The van der Waals surface area contributed by atoms with Crippen LogP contribution in [0.5, 0.6) is 0 Å². The molecule has 3 aromatic heterocycles. The average Bonchev–Trinajstić information content (AvgIpc) is 2.69. The monoisotopic (exact) mass is 377 g/mol. The third-order valence-corrected chi connectivity index (χ3v) is 5.93. The Morgan fingerprint density at radius 2 is 2.00 bits per heavy atom. The molecule has 8 heteroatoms. The molecular formula is C20H23N7O. The summed E-state index contributed by atoms with van der Waals surface area (Å²) in [5, 5.41) is 9.41. The average molecular weight is 377 g/mol. The molecule has 1 fully saturated rings. The summed E-state index contributed by atoms with van der Waals surface area (Å²) in [6, 6.07) is 5.99. The van der Waals surface area contributed by atoms with Crippen molar-refractivity contribution in [2.45, 2.75) is 31.7 Å². The third kappa shape index (κ3) is 2.71. The topological polar surface area (TPSA) is 80.0 Å². The van der Waals surface area contributed by atoms with Crippen molar-refractivity contribution in [2.75, 3.05) is 29.9 Å². The van der Waals surface area contributed by atoms with Gasteiger partial charge in [-0.05, 0) is 49.4 Å². The predicted octanol–water partition coefficient (Wildman–Crippen LogP) is 1.32. The van der Waals surface area contributed by atoms with Crippen molar-refractivity contribution in [3.63, 3.8) is 0 Å². The maximum atomic E-state index is 12.6. The summed E-state index contributed by atoms with van der Waals surface area (Å²) in [4.78, 5) is 25.8. The van der Waals surface area contributed by atoms with E-state index in [0.29, 0.717) is 17.0 Å². The molecule has 0 radical (unpaired) electrons. The van der Waals surface area contributed by atoms with Gasteiger partial charge in [0.2, 0.25) is 5.95 Å². The molecule has 0 bridgehead atoms. The molecule has 8 nitrogen and oxygen atoms in total. The zero-order valence-electron chi connectivity index (χ0n) is 16.2. The number of rotatable bonds is 3. The highest BCUT2D eigenvalue weighted by Crippen LogP contribution is 2.27. The molecule has 2 aliphatic rings. The smallest absolute Gasteiger partial charge is 0.264 e. The second kappa shape index (κ2) is 6.54. The van der Waals surface area contributed by atoms with Crippen molar-refractivity contribution >= 4 is 22.8 Å². The van der Waals surface area contributed by atoms with Crippen molar-refractivity contribution in [3.8, 4) is 0 Å². The molecule has 144 valence electrons. The fraction of sp³-hybridized carbons (Fsp3) is 0.450. The Morgan fingerprint density at radius 1 is 1.18 bits per heavy atom. The first-order chi connectivity index (χ1) is 13.6. The van der Waals surface area contributed by atoms with Crippen LogP contribution in [0.1, 0.15) is 24.1 Å². The van der Waals surface area contributed by atoms with Gasteiger partial charge in [0.15, 0.2) is 11.5 Å². The van der Waals surface area contributed by atoms with E-state index >= 15 is 0 Å². The zero-order valence-corrected chi connectivity index (χ0v) is 16.2. The van der Waals surface area contributed by atoms with Crippen LogP contribution in [-0.2, 0) is 19.9 Å². The first kappa shape index (κ1) is 17.1. The number of hydrogen-bond acceptors (Lipinski definition) is 7. The van der Waals surface area contributed by atoms with E-state index < -0.39 is 0 Å². The van der Waals surface area contributed by atoms with E-state index in [9.17, 15) is 4.79 Å². The lowest BCUT2D eigenvalue weighted by Gasteiger charge is -2.45. The summed E-state index contributed by atoms with van der Waals surface area (Å²) < 4.78 is 1.60. The third-order valence-electron chi connectivity index (χ3n) is 5.93. The molecule has 0 saturated carbocycles. The molecule has 1 aliphatic carbocycles. The maximum absolute atomic E-state index is 12.6.